The largest absolute Gasteiger partial charge is 0.343 e. The van der Waals surface area contributed by atoms with Crippen molar-refractivity contribution in [2.75, 3.05) is 26.2 Å². The van der Waals surface area contributed by atoms with Crippen LogP contribution in [0.3, 0.4) is 0 Å². The molecule has 39 heavy (non-hydrogen) atoms. The van der Waals surface area contributed by atoms with Gasteiger partial charge in [-0.1, -0.05) is 36.4 Å². The van der Waals surface area contributed by atoms with Crippen molar-refractivity contribution in [1.82, 2.24) is 19.6 Å². The van der Waals surface area contributed by atoms with Crippen molar-refractivity contribution in [3.63, 3.8) is 0 Å². The van der Waals surface area contributed by atoms with Crippen LogP contribution in [0.25, 0.3) is 11.3 Å². The van der Waals surface area contributed by atoms with Crippen LogP contribution in [0.5, 0.6) is 0 Å². The van der Waals surface area contributed by atoms with E-state index in [9.17, 15) is 19.7 Å². The fourth-order valence-electron chi connectivity index (χ4n) is 6.58. The van der Waals surface area contributed by atoms with Gasteiger partial charge in [0.1, 0.15) is 6.54 Å². The Morgan fingerprint density at radius 3 is 2.31 bits per heavy atom. The smallest absolute Gasteiger partial charge is 0.270 e. The number of benzene rings is 2. The van der Waals surface area contributed by atoms with Crippen LogP contribution in [0.4, 0.5) is 5.69 Å². The predicted octanol–water partition coefficient (Wildman–Crippen LogP) is 4.10. The third kappa shape index (κ3) is 5.30. The molecule has 0 bridgehead atoms. The van der Waals surface area contributed by atoms with Gasteiger partial charge in [0.05, 0.1) is 10.6 Å². The van der Waals surface area contributed by atoms with Gasteiger partial charge in [-0.05, 0) is 60.6 Å². The molecule has 2 aromatic carbocycles. The quantitative estimate of drug-likeness (QED) is 0.355. The molecule has 3 aromatic rings. The number of piperidine rings is 1. The van der Waals surface area contributed by atoms with Crippen molar-refractivity contribution in [3.8, 4) is 11.3 Å². The molecule has 0 atom stereocenters. The highest BCUT2D eigenvalue weighted by atomic mass is 16.6. The number of carbonyl (C=O) groups is 2. The van der Waals surface area contributed by atoms with Gasteiger partial charge in [-0.25, -0.2) is 0 Å². The Morgan fingerprint density at radius 2 is 1.62 bits per heavy atom. The summed E-state index contributed by atoms with van der Waals surface area (Å²) < 4.78 is 1.60. The Labute approximate surface area is 227 Å². The second-order valence-electron chi connectivity index (χ2n) is 11.4. The van der Waals surface area contributed by atoms with Crippen LogP contribution >= 0.6 is 0 Å². The maximum Gasteiger partial charge on any atom is 0.270 e. The van der Waals surface area contributed by atoms with Crippen LogP contribution in [-0.4, -0.2) is 62.5 Å². The van der Waals surface area contributed by atoms with E-state index in [0.29, 0.717) is 23.6 Å². The summed E-state index contributed by atoms with van der Waals surface area (Å²) in [6, 6.07) is 16.6. The second kappa shape index (κ2) is 10.3. The lowest BCUT2D eigenvalue weighted by atomic mass is 9.77. The molecule has 2 aliphatic heterocycles. The highest BCUT2D eigenvalue weighted by molar-refractivity contribution is 5.77. The zero-order valence-electron chi connectivity index (χ0n) is 22.0. The van der Waals surface area contributed by atoms with E-state index in [1.807, 2.05) is 9.80 Å². The number of nitrogens with zero attached hydrogens (tertiary/aromatic N) is 5. The lowest BCUT2D eigenvalue weighted by Crippen LogP contribution is -2.45. The van der Waals surface area contributed by atoms with Gasteiger partial charge in [-0.2, -0.15) is 5.10 Å². The molecule has 9 heteroatoms. The monoisotopic (exact) mass is 527 g/mol. The SMILES string of the molecule is O=C(CC1Cc2ccccc2C1)N1CCC2(CC1)CCN(C(=O)Cn1ccc(-c3cccc([N+](=O)[O-])c3)n1)C2. The Hall–Kier alpha value is -4.01. The number of rotatable bonds is 6. The number of hydrogen-bond donors (Lipinski definition) is 0. The topological polar surface area (TPSA) is 102 Å². The van der Waals surface area contributed by atoms with Gasteiger partial charge in [0.15, 0.2) is 0 Å². The minimum atomic E-state index is -0.428. The van der Waals surface area contributed by atoms with E-state index in [4.69, 9.17) is 0 Å². The first-order valence-electron chi connectivity index (χ1n) is 13.8. The number of fused-ring (bicyclic) bond motifs is 1. The van der Waals surface area contributed by atoms with Crippen molar-refractivity contribution in [1.29, 1.82) is 0 Å². The summed E-state index contributed by atoms with van der Waals surface area (Å²) >= 11 is 0. The molecule has 0 saturated carbocycles. The van der Waals surface area contributed by atoms with Crippen LogP contribution in [0.15, 0.2) is 60.8 Å². The fraction of sp³-hybridized carbons (Fsp3) is 0.433. The number of hydrogen-bond acceptors (Lipinski definition) is 5. The number of carbonyl (C=O) groups excluding carboxylic acids is 2. The molecular weight excluding hydrogens is 494 g/mol. The highest BCUT2D eigenvalue weighted by Gasteiger charge is 2.43. The number of likely N-dealkylation sites (tertiary alicyclic amines) is 2. The summed E-state index contributed by atoms with van der Waals surface area (Å²) in [6.07, 6.45) is 7.20. The number of non-ortho nitro benzene ring substituents is 1. The lowest BCUT2D eigenvalue weighted by molar-refractivity contribution is -0.384. The first-order valence-corrected chi connectivity index (χ1v) is 13.8. The van der Waals surface area contributed by atoms with Gasteiger partial charge in [-0.3, -0.25) is 24.4 Å². The minimum absolute atomic E-state index is 0.0114. The molecule has 2 fully saturated rings. The van der Waals surface area contributed by atoms with Crippen molar-refractivity contribution in [2.45, 2.75) is 45.1 Å². The number of nitro benzene ring substituents is 1. The molecule has 0 radical (unpaired) electrons. The Kier molecular flexibility index (Phi) is 6.66. The first kappa shape index (κ1) is 25.3. The molecule has 202 valence electrons. The van der Waals surface area contributed by atoms with Gasteiger partial charge in [-0.15, -0.1) is 0 Å². The van der Waals surface area contributed by atoms with Crippen molar-refractivity contribution in [3.05, 3.63) is 82.0 Å². The highest BCUT2D eigenvalue weighted by Crippen LogP contribution is 2.41. The standard InChI is InChI=1S/C30H33N5O4/c36-28(18-22-16-23-4-1-2-5-24(23)17-22)32-13-9-30(10-14-32)11-15-33(21-30)29(37)20-34-12-8-27(31-34)25-6-3-7-26(19-25)35(38)39/h1-8,12,19,22H,9-11,13-18,20-21H2. The van der Waals surface area contributed by atoms with E-state index < -0.39 is 4.92 Å². The average molecular weight is 528 g/mol. The summed E-state index contributed by atoms with van der Waals surface area (Å²) in [5.41, 5.74) is 4.13. The molecule has 3 heterocycles. The van der Waals surface area contributed by atoms with E-state index in [-0.39, 0.29) is 29.5 Å². The van der Waals surface area contributed by atoms with Crippen molar-refractivity contribution >= 4 is 17.5 Å². The van der Waals surface area contributed by atoms with Crippen LogP contribution in [0.1, 0.15) is 36.8 Å². The van der Waals surface area contributed by atoms with E-state index >= 15 is 0 Å². The summed E-state index contributed by atoms with van der Waals surface area (Å²) in [4.78, 5) is 40.8. The molecule has 1 aliphatic carbocycles. The summed E-state index contributed by atoms with van der Waals surface area (Å²) in [5, 5.41) is 15.6. The van der Waals surface area contributed by atoms with Crippen LogP contribution in [0.2, 0.25) is 0 Å². The van der Waals surface area contributed by atoms with E-state index in [1.54, 1.807) is 29.1 Å². The Bertz CT molecular complexity index is 1380. The van der Waals surface area contributed by atoms with Crippen molar-refractivity contribution < 1.29 is 14.5 Å². The molecule has 1 spiro atoms. The lowest BCUT2D eigenvalue weighted by Gasteiger charge is -2.39. The molecule has 3 aliphatic rings. The Morgan fingerprint density at radius 1 is 0.923 bits per heavy atom. The number of nitro groups is 1. The number of aromatic nitrogens is 2. The molecule has 6 rings (SSSR count). The summed E-state index contributed by atoms with van der Waals surface area (Å²) in [7, 11) is 0. The fourth-order valence-corrected chi connectivity index (χ4v) is 6.58. The van der Waals surface area contributed by atoms with E-state index in [2.05, 4.69) is 29.4 Å². The minimum Gasteiger partial charge on any atom is -0.343 e. The molecule has 0 unspecified atom stereocenters. The summed E-state index contributed by atoms with van der Waals surface area (Å²) in [6.45, 7) is 3.13. The molecular formula is C30H33N5O4. The van der Waals surface area contributed by atoms with Crippen LogP contribution in [0, 0.1) is 21.4 Å². The van der Waals surface area contributed by atoms with Crippen molar-refractivity contribution in [2.24, 2.45) is 11.3 Å². The first-order chi connectivity index (χ1) is 18.9. The van der Waals surface area contributed by atoms with Crippen LogP contribution in [-0.2, 0) is 29.0 Å². The molecule has 2 amide bonds. The predicted molar refractivity (Wildman–Crippen MR) is 146 cm³/mol. The van der Waals surface area contributed by atoms with Gasteiger partial charge < -0.3 is 9.80 Å². The van der Waals surface area contributed by atoms with Gasteiger partial charge in [0.25, 0.3) is 5.69 Å². The normalized spacial score (nSPS) is 18.5. The molecule has 2 saturated heterocycles. The zero-order chi connectivity index (χ0) is 27.0. The maximum atomic E-state index is 13.1. The van der Waals surface area contributed by atoms with Crippen LogP contribution < -0.4 is 0 Å². The average Bonchev–Trinajstić information content (AvgIpc) is 3.68. The van der Waals surface area contributed by atoms with E-state index in [1.165, 1.54) is 23.3 Å². The summed E-state index contributed by atoms with van der Waals surface area (Å²) in [5.74, 6) is 0.705. The van der Waals surface area contributed by atoms with Gasteiger partial charge in [0.2, 0.25) is 11.8 Å². The van der Waals surface area contributed by atoms with Gasteiger partial charge >= 0.3 is 0 Å². The Balaban J connectivity index is 0.993. The molecule has 1 aromatic heterocycles. The van der Waals surface area contributed by atoms with Gasteiger partial charge in [0, 0.05) is 56.5 Å². The number of amides is 2. The third-order valence-corrected chi connectivity index (χ3v) is 8.86. The second-order valence-corrected chi connectivity index (χ2v) is 11.4. The third-order valence-electron chi connectivity index (χ3n) is 8.86. The van der Waals surface area contributed by atoms with E-state index in [0.717, 1.165) is 58.3 Å². The molecule has 0 N–H and O–H groups in total. The maximum absolute atomic E-state index is 13.1. The zero-order valence-corrected chi connectivity index (χ0v) is 22.0. The molecule has 9 nitrogen and oxygen atoms in total.